The van der Waals surface area contributed by atoms with Crippen molar-refractivity contribution < 1.29 is 0 Å². The van der Waals surface area contributed by atoms with Crippen molar-refractivity contribution in [3.8, 4) is 62.5 Å². The third kappa shape index (κ3) is 5.32. The smallest absolute Gasteiger partial charge is 0.164 e. The standard InChI is InChI=1S/C46H26N4S2/c47-27-28-9-8-12-32(21-28)45-48-44(29-10-2-1-3-11-29)49-46(50-45)35-23-33(30-17-19-42-38(25-30)36-13-4-6-15-40(36)51-42)22-34(24-35)31-18-20-43-39(26-31)37-14-5-7-16-41(37)52-43/h1-26H. The Hall–Kier alpha value is -6.52. The SMILES string of the molecule is N#Cc1cccc(-c2nc(-c3ccccc3)nc(-c3cc(-c4ccc5sc6ccccc6c5c4)cc(-c4ccc5sc6ccccc6c5c4)c3)n2)c1. The highest BCUT2D eigenvalue weighted by Gasteiger charge is 2.17. The lowest BCUT2D eigenvalue weighted by molar-refractivity contribution is 1.07. The highest BCUT2D eigenvalue weighted by Crippen LogP contribution is 2.40. The Morgan fingerprint density at radius 2 is 0.827 bits per heavy atom. The van der Waals surface area contributed by atoms with Gasteiger partial charge in [0, 0.05) is 57.0 Å². The van der Waals surface area contributed by atoms with Crippen molar-refractivity contribution in [1.29, 1.82) is 5.26 Å². The summed E-state index contributed by atoms with van der Waals surface area (Å²) in [6.07, 6.45) is 0. The van der Waals surface area contributed by atoms with E-state index in [-0.39, 0.29) is 0 Å². The van der Waals surface area contributed by atoms with Gasteiger partial charge in [-0.3, -0.25) is 0 Å². The van der Waals surface area contributed by atoms with E-state index in [4.69, 9.17) is 15.0 Å². The Kier molecular flexibility index (Phi) is 7.21. The molecule has 0 bridgehead atoms. The molecule has 242 valence electrons. The normalized spacial score (nSPS) is 11.4. The maximum atomic E-state index is 9.67. The number of thiophene rings is 2. The third-order valence-electron chi connectivity index (χ3n) is 9.53. The predicted octanol–water partition coefficient (Wildman–Crippen LogP) is 12.8. The van der Waals surface area contributed by atoms with Crippen molar-refractivity contribution in [2.45, 2.75) is 0 Å². The van der Waals surface area contributed by atoms with Gasteiger partial charge in [0.15, 0.2) is 17.5 Å². The lowest BCUT2D eigenvalue weighted by Gasteiger charge is -2.13. The van der Waals surface area contributed by atoms with Gasteiger partial charge in [0.05, 0.1) is 11.6 Å². The van der Waals surface area contributed by atoms with Crippen LogP contribution in [-0.4, -0.2) is 15.0 Å². The summed E-state index contributed by atoms with van der Waals surface area (Å²) < 4.78 is 5.11. The fourth-order valence-corrected chi connectivity index (χ4v) is 9.15. The topological polar surface area (TPSA) is 62.5 Å². The van der Waals surface area contributed by atoms with Crippen molar-refractivity contribution in [2.75, 3.05) is 0 Å². The van der Waals surface area contributed by atoms with Gasteiger partial charge in [0.1, 0.15) is 0 Å². The molecule has 0 aliphatic heterocycles. The molecule has 0 radical (unpaired) electrons. The first-order chi connectivity index (χ1) is 25.7. The van der Waals surface area contributed by atoms with Crippen LogP contribution in [0.5, 0.6) is 0 Å². The largest absolute Gasteiger partial charge is 0.208 e. The van der Waals surface area contributed by atoms with E-state index in [1.165, 1.54) is 40.3 Å². The molecule has 0 aliphatic carbocycles. The number of fused-ring (bicyclic) bond motifs is 6. The van der Waals surface area contributed by atoms with Gasteiger partial charge < -0.3 is 0 Å². The lowest BCUT2D eigenvalue weighted by atomic mass is 9.94. The fraction of sp³-hybridized carbons (Fsp3) is 0. The number of benzene rings is 7. The molecule has 52 heavy (non-hydrogen) atoms. The van der Waals surface area contributed by atoms with E-state index in [1.807, 2.05) is 71.2 Å². The van der Waals surface area contributed by atoms with Gasteiger partial charge in [0.2, 0.25) is 0 Å². The Bertz CT molecular complexity index is 2910. The van der Waals surface area contributed by atoms with Crippen molar-refractivity contribution >= 4 is 63.0 Å². The van der Waals surface area contributed by atoms with Crippen molar-refractivity contribution in [3.63, 3.8) is 0 Å². The van der Waals surface area contributed by atoms with Crippen LogP contribution in [0.15, 0.2) is 158 Å². The Morgan fingerprint density at radius 1 is 0.346 bits per heavy atom. The fourth-order valence-electron chi connectivity index (χ4n) is 6.98. The van der Waals surface area contributed by atoms with Gasteiger partial charge in [0.25, 0.3) is 0 Å². The number of hydrogen-bond acceptors (Lipinski definition) is 6. The first kappa shape index (κ1) is 30.3. The van der Waals surface area contributed by atoms with Crippen LogP contribution in [0, 0.1) is 11.3 Å². The molecule has 0 N–H and O–H groups in total. The monoisotopic (exact) mass is 698 g/mol. The molecule has 0 saturated carbocycles. The summed E-state index contributed by atoms with van der Waals surface area (Å²) in [6, 6.07) is 57.1. The van der Waals surface area contributed by atoms with Gasteiger partial charge in [-0.25, -0.2) is 15.0 Å². The summed E-state index contributed by atoms with van der Waals surface area (Å²) in [5.74, 6) is 1.66. The predicted molar refractivity (Wildman–Crippen MR) is 217 cm³/mol. The second kappa shape index (κ2) is 12.4. The van der Waals surface area contributed by atoms with Crippen LogP contribution in [0.1, 0.15) is 5.56 Å². The Labute approximate surface area is 307 Å². The van der Waals surface area contributed by atoms with Crippen LogP contribution in [0.4, 0.5) is 0 Å². The minimum atomic E-state index is 0.519. The highest BCUT2D eigenvalue weighted by molar-refractivity contribution is 7.26. The molecule has 3 aromatic heterocycles. The minimum Gasteiger partial charge on any atom is -0.208 e. The van der Waals surface area contributed by atoms with Gasteiger partial charge in [-0.05, 0) is 89.0 Å². The van der Waals surface area contributed by atoms with E-state index in [1.54, 1.807) is 6.07 Å². The van der Waals surface area contributed by atoms with E-state index in [0.717, 1.165) is 38.9 Å². The van der Waals surface area contributed by atoms with Gasteiger partial charge >= 0.3 is 0 Å². The molecule has 0 aliphatic rings. The zero-order valence-electron chi connectivity index (χ0n) is 27.6. The Morgan fingerprint density at radius 3 is 1.42 bits per heavy atom. The molecule has 6 heteroatoms. The highest BCUT2D eigenvalue weighted by atomic mass is 32.1. The molecule has 7 aromatic carbocycles. The quantitative estimate of drug-likeness (QED) is 0.179. The second-order valence-electron chi connectivity index (χ2n) is 12.8. The number of rotatable bonds is 5. The Balaban J connectivity index is 1.22. The molecule has 10 aromatic rings. The minimum absolute atomic E-state index is 0.519. The molecule has 0 fully saturated rings. The molecule has 0 unspecified atom stereocenters. The van der Waals surface area contributed by atoms with Gasteiger partial charge in [-0.2, -0.15) is 5.26 Å². The molecule has 3 heterocycles. The van der Waals surface area contributed by atoms with E-state index < -0.39 is 0 Å². The molecular formula is C46H26N4S2. The van der Waals surface area contributed by atoms with Crippen LogP contribution in [-0.2, 0) is 0 Å². The molecule has 10 rings (SSSR count). The van der Waals surface area contributed by atoms with E-state index in [2.05, 4.69) is 109 Å². The summed E-state index contributed by atoms with van der Waals surface area (Å²) in [5, 5.41) is 14.7. The molecular weight excluding hydrogens is 673 g/mol. The number of nitriles is 1. The van der Waals surface area contributed by atoms with Crippen LogP contribution < -0.4 is 0 Å². The summed E-state index contributed by atoms with van der Waals surface area (Å²) in [7, 11) is 0. The van der Waals surface area contributed by atoms with Crippen molar-refractivity contribution in [1.82, 2.24) is 15.0 Å². The van der Waals surface area contributed by atoms with Crippen LogP contribution in [0.2, 0.25) is 0 Å². The molecule has 0 spiro atoms. The third-order valence-corrected chi connectivity index (χ3v) is 11.8. The zero-order chi connectivity index (χ0) is 34.6. The summed E-state index contributed by atoms with van der Waals surface area (Å²) in [5.41, 5.74) is 7.50. The van der Waals surface area contributed by atoms with Gasteiger partial charge in [-0.1, -0.05) is 91.0 Å². The van der Waals surface area contributed by atoms with Crippen LogP contribution >= 0.6 is 22.7 Å². The summed E-state index contributed by atoms with van der Waals surface area (Å²) in [4.78, 5) is 15.1. The van der Waals surface area contributed by atoms with Gasteiger partial charge in [-0.15, -0.1) is 22.7 Å². The summed E-state index contributed by atoms with van der Waals surface area (Å²) >= 11 is 3.65. The number of hydrogen-bond donors (Lipinski definition) is 0. The zero-order valence-corrected chi connectivity index (χ0v) is 29.2. The van der Waals surface area contributed by atoms with Crippen LogP contribution in [0.3, 0.4) is 0 Å². The average Bonchev–Trinajstić information content (AvgIpc) is 3.78. The molecule has 0 saturated heterocycles. The van der Waals surface area contributed by atoms with Crippen molar-refractivity contribution in [2.24, 2.45) is 0 Å². The second-order valence-corrected chi connectivity index (χ2v) is 14.9. The average molecular weight is 699 g/mol. The van der Waals surface area contributed by atoms with E-state index >= 15 is 0 Å². The van der Waals surface area contributed by atoms with Crippen LogP contribution in [0.25, 0.3) is 96.8 Å². The maximum Gasteiger partial charge on any atom is 0.164 e. The lowest BCUT2D eigenvalue weighted by Crippen LogP contribution is -2.00. The number of nitrogens with zero attached hydrogens (tertiary/aromatic N) is 4. The molecule has 0 amide bonds. The first-order valence-electron chi connectivity index (χ1n) is 17.0. The first-order valence-corrected chi connectivity index (χ1v) is 18.6. The maximum absolute atomic E-state index is 9.67. The molecule has 4 nitrogen and oxygen atoms in total. The molecule has 0 atom stereocenters. The number of aromatic nitrogens is 3. The summed E-state index contributed by atoms with van der Waals surface area (Å²) in [6.45, 7) is 0. The van der Waals surface area contributed by atoms with Crippen molar-refractivity contribution in [3.05, 3.63) is 163 Å². The van der Waals surface area contributed by atoms with E-state index in [0.29, 0.717) is 23.0 Å². The van der Waals surface area contributed by atoms with E-state index in [9.17, 15) is 5.26 Å².